The summed E-state index contributed by atoms with van der Waals surface area (Å²) in [5.74, 6) is 1.34. The predicted octanol–water partition coefficient (Wildman–Crippen LogP) is 5.09. The molecule has 23 heavy (non-hydrogen) atoms. The molecule has 1 aliphatic rings. The van der Waals surface area contributed by atoms with E-state index in [1.54, 1.807) is 30.1 Å². The Bertz CT molecular complexity index is 869. The van der Waals surface area contributed by atoms with Crippen LogP contribution in [-0.4, -0.2) is 4.98 Å². The van der Waals surface area contributed by atoms with Gasteiger partial charge in [0.15, 0.2) is 5.75 Å². The predicted molar refractivity (Wildman–Crippen MR) is 88.6 cm³/mol. The minimum absolute atomic E-state index is 0.204. The molecule has 2 aromatic carbocycles. The monoisotopic (exact) mass is 324 g/mol. The minimum atomic E-state index is -0.204. The molecule has 0 spiro atoms. The van der Waals surface area contributed by atoms with Crippen molar-refractivity contribution in [1.29, 1.82) is 0 Å². The van der Waals surface area contributed by atoms with Gasteiger partial charge >= 0.3 is 0 Å². The molecule has 0 amide bonds. The van der Waals surface area contributed by atoms with Crippen LogP contribution in [0.15, 0.2) is 70.7 Å². The molecule has 0 saturated heterocycles. The molecule has 5 heteroatoms. The maximum atomic E-state index is 13.7. The minimum Gasteiger partial charge on any atom is -0.453 e. The van der Waals surface area contributed by atoms with E-state index in [2.05, 4.69) is 10.3 Å². The first kappa shape index (κ1) is 14.1. The van der Waals surface area contributed by atoms with Gasteiger partial charge in [-0.1, -0.05) is 30.0 Å². The van der Waals surface area contributed by atoms with Crippen molar-refractivity contribution in [3.63, 3.8) is 0 Å². The van der Waals surface area contributed by atoms with Crippen LogP contribution in [0.3, 0.4) is 0 Å². The van der Waals surface area contributed by atoms with E-state index in [1.807, 2.05) is 36.4 Å². The molecule has 0 radical (unpaired) electrons. The van der Waals surface area contributed by atoms with Gasteiger partial charge in [0, 0.05) is 30.1 Å². The fourth-order valence-electron chi connectivity index (χ4n) is 2.37. The van der Waals surface area contributed by atoms with Crippen molar-refractivity contribution in [1.82, 2.24) is 4.98 Å². The number of aromatic nitrogens is 1. The van der Waals surface area contributed by atoms with Crippen molar-refractivity contribution in [2.45, 2.75) is 16.5 Å². The number of fused-ring (bicyclic) bond motifs is 2. The number of pyridine rings is 1. The highest BCUT2D eigenvalue weighted by atomic mass is 32.2. The lowest BCUT2D eigenvalue weighted by atomic mass is 10.2. The van der Waals surface area contributed by atoms with Gasteiger partial charge in [0.1, 0.15) is 16.6 Å². The first-order valence-electron chi connectivity index (χ1n) is 7.22. The normalized spacial score (nSPS) is 12.0. The van der Waals surface area contributed by atoms with E-state index < -0.39 is 0 Å². The van der Waals surface area contributed by atoms with E-state index in [-0.39, 0.29) is 5.82 Å². The van der Waals surface area contributed by atoms with Gasteiger partial charge in [0.2, 0.25) is 0 Å². The van der Waals surface area contributed by atoms with Crippen LogP contribution in [0.5, 0.6) is 11.5 Å². The van der Waals surface area contributed by atoms with Gasteiger partial charge in [0.25, 0.3) is 0 Å². The molecule has 2 heterocycles. The van der Waals surface area contributed by atoms with Crippen molar-refractivity contribution < 1.29 is 9.13 Å². The summed E-state index contributed by atoms with van der Waals surface area (Å²) in [5.41, 5.74) is 1.52. The molecule has 4 rings (SSSR count). The van der Waals surface area contributed by atoms with Crippen LogP contribution in [0.4, 0.5) is 10.1 Å². The summed E-state index contributed by atoms with van der Waals surface area (Å²) in [5, 5.41) is 4.10. The van der Waals surface area contributed by atoms with Crippen molar-refractivity contribution >= 4 is 17.4 Å². The first-order chi connectivity index (χ1) is 11.3. The van der Waals surface area contributed by atoms with Crippen LogP contribution in [0.1, 0.15) is 5.56 Å². The maximum absolute atomic E-state index is 13.7. The molecule has 1 aliphatic heterocycles. The lowest BCUT2D eigenvalue weighted by Crippen LogP contribution is -2.03. The van der Waals surface area contributed by atoms with Gasteiger partial charge in [-0.25, -0.2) is 9.37 Å². The molecule has 114 valence electrons. The number of rotatable bonds is 3. The Balaban J connectivity index is 1.53. The Kier molecular flexibility index (Phi) is 3.63. The average Bonchev–Trinajstić information content (AvgIpc) is 2.59. The highest BCUT2D eigenvalue weighted by molar-refractivity contribution is 7.99. The second-order valence-electron chi connectivity index (χ2n) is 5.12. The Morgan fingerprint density at radius 3 is 2.87 bits per heavy atom. The summed E-state index contributed by atoms with van der Waals surface area (Å²) < 4.78 is 19.6. The maximum Gasteiger partial charge on any atom is 0.160 e. The first-order valence-corrected chi connectivity index (χ1v) is 8.03. The summed E-state index contributed by atoms with van der Waals surface area (Å²) in [4.78, 5) is 5.33. The fraction of sp³-hybridized carbons (Fsp3) is 0.0556. The van der Waals surface area contributed by atoms with E-state index in [9.17, 15) is 4.39 Å². The Morgan fingerprint density at radius 1 is 1.04 bits per heavy atom. The zero-order valence-corrected chi connectivity index (χ0v) is 12.9. The molecule has 0 atom stereocenters. The summed E-state index contributed by atoms with van der Waals surface area (Å²) in [6.07, 6.45) is 1.75. The third-order valence-electron chi connectivity index (χ3n) is 3.55. The van der Waals surface area contributed by atoms with Gasteiger partial charge in [-0.2, -0.15) is 0 Å². The van der Waals surface area contributed by atoms with Crippen LogP contribution >= 0.6 is 11.8 Å². The van der Waals surface area contributed by atoms with Crippen LogP contribution in [0, 0.1) is 5.82 Å². The third-order valence-corrected chi connectivity index (χ3v) is 4.60. The van der Waals surface area contributed by atoms with Crippen molar-refractivity contribution in [3.05, 3.63) is 72.2 Å². The quantitative estimate of drug-likeness (QED) is 0.569. The van der Waals surface area contributed by atoms with E-state index >= 15 is 0 Å². The molecule has 0 unspecified atom stereocenters. The second-order valence-corrected chi connectivity index (χ2v) is 6.15. The summed E-state index contributed by atoms with van der Waals surface area (Å²) in [6.45, 7) is 0.427. The average molecular weight is 324 g/mol. The number of anilines is 1. The molecule has 3 nitrogen and oxygen atoms in total. The summed E-state index contributed by atoms with van der Waals surface area (Å²) in [6, 6.07) is 16.4. The van der Waals surface area contributed by atoms with E-state index in [0.29, 0.717) is 12.1 Å². The number of nitrogens with zero attached hydrogens (tertiary/aromatic N) is 1. The number of hydrogen-bond acceptors (Lipinski definition) is 4. The van der Waals surface area contributed by atoms with Crippen LogP contribution in [-0.2, 0) is 6.54 Å². The molecule has 0 fully saturated rings. The Labute approximate surface area is 137 Å². The molecule has 3 aromatic rings. The van der Waals surface area contributed by atoms with Crippen molar-refractivity contribution in [3.8, 4) is 11.5 Å². The SMILES string of the molecule is Fc1ccccc1CNc1ccc2c(c1)Oc1cccnc1S2. The molecular formula is C18H13FN2OS. The van der Waals surface area contributed by atoms with Crippen LogP contribution < -0.4 is 10.1 Å². The Morgan fingerprint density at radius 2 is 1.96 bits per heavy atom. The van der Waals surface area contributed by atoms with Crippen LogP contribution in [0.2, 0.25) is 0 Å². The highest BCUT2D eigenvalue weighted by Gasteiger charge is 2.18. The van der Waals surface area contributed by atoms with Gasteiger partial charge < -0.3 is 10.1 Å². The topological polar surface area (TPSA) is 34.1 Å². The molecule has 1 aromatic heterocycles. The van der Waals surface area contributed by atoms with Gasteiger partial charge in [0.05, 0.1) is 4.90 Å². The van der Waals surface area contributed by atoms with Crippen molar-refractivity contribution in [2.24, 2.45) is 0 Å². The molecule has 0 bridgehead atoms. The summed E-state index contributed by atoms with van der Waals surface area (Å²) >= 11 is 1.58. The zero-order chi connectivity index (χ0) is 15.6. The van der Waals surface area contributed by atoms with Gasteiger partial charge in [-0.3, -0.25) is 0 Å². The van der Waals surface area contributed by atoms with Gasteiger partial charge in [-0.15, -0.1) is 0 Å². The highest BCUT2D eigenvalue weighted by Crippen LogP contribution is 2.46. The van der Waals surface area contributed by atoms with E-state index in [1.165, 1.54) is 6.07 Å². The number of hydrogen-bond donors (Lipinski definition) is 1. The standard InChI is InChI=1S/C18H13FN2OS/c19-14-5-2-1-4-12(14)11-21-13-7-8-17-16(10-13)22-15-6-3-9-20-18(15)23-17/h1-10,21H,11H2. The molecule has 1 N–H and O–H groups in total. The third kappa shape index (κ3) is 2.87. The second kappa shape index (κ2) is 5.93. The number of ether oxygens (including phenoxy) is 1. The van der Waals surface area contributed by atoms with Crippen LogP contribution in [0.25, 0.3) is 0 Å². The molecular weight excluding hydrogens is 311 g/mol. The largest absolute Gasteiger partial charge is 0.453 e. The van der Waals surface area contributed by atoms with Gasteiger partial charge in [-0.05, 0) is 30.3 Å². The van der Waals surface area contributed by atoms with E-state index in [0.717, 1.165) is 27.1 Å². The lowest BCUT2D eigenvalue weighted by Gasteiger charge is -2.19. The number of benzene rings is 2. The zero-order valence-electron chi connectivity index (χ0n) is 12.1. The summed E-state index contributed by atoms with van der Waals surface area (Å²) in [7, 11) is 0. The van der Waals surface area contributed by atoms with E-state index in [4.69, 9.17) is 4.74 Å². The number of nitrogens with one attached hydrogen (secondary N) is 1. The number of halogens is 1. The van der Waals surface area contributed by atoms with Crippen molar-refractivity contribution in [2.75, 3.05) is 5.32 Å². The Hall–Kier alpha value is -2.53. The molecule has 0 saturated carbocycles. The fourth-order valence-corrected chi connectivity index (χ4v) is 3.24. The molecule has 0 aliphatic carbocycles. The smallest absolute Gasteiger partial charge is 0.160 e. The lowest BCUT2D eigenvalue weighted by molar-refractivity contribution is 0.449.